The number of nitrogens with zero attached hydrogens (tertiary/aromatic N) is 1. The Morgan fingerprint density at radius 2 is 1.79 bits per heavy atom. The summed E-state index contributed by atoms with van der Waals surface area (Å²) < 4.78 is 27.7. The summed E-state index contributed by atoms with van der Waals surface area (Å²) >= 11 is 4.60. The maximum Gasteiger partial charge on any atom is 0.273 e. The highest BCUT2D eigenvalue weighted by molar-refractivity contribution is 9.11. The lowest BCUT2D eigenvalue weighted by atomic mass is 10.2. The summed E-state index contributed by atoms with van der Waals surface area (Å²) in [5, 5.41) is 0. The molecule has 1 aromatic carbocycles. The van der Waals surface area contributed by atoms with Crippen molar-refractivity contribution in [1.29, 1.82) is 0 Å². The molecule has 0 amide bonds. The summed E-state index contributed by atoms with van der Waals surface area (Å²) in [6.07, 6.45) is 0. The molecule has 0 aliphatic heterocycles. The molecule has 0 aliphatic rings. The van der Waals surface area contributed by atoms with E-state index in [9.17, 15) is 8.42 Å². The van der Waals surface area contributed by atoms with Gasteiger partial charge in [0.25, 0.3) is 10.0 Å². The van der Waals surface area contributed by atoms with Crippen molar-refractivity contribution >= 4 is 43.0 Å². The Labute approximate surface area is 126 Å². The minimum atomic E-state index is -3.49. The van der Waals surface area contributed by atoms with E-state index in [1.54, 1.807) is 13.1 Å². The molecule has 2 rings (SSSR count). The second-order valence-corrected chi connectivity index (χ2v) is 8.85. The fourth-order valence-corrected chi connectivity index (χ4v) is 5.40. The van der Waals surface area contributed by atoms with Crippen molar-refractivity contribution in [2.75, 3.05) is 11.4 Å². The lowest BCUT2D eigenvalue weighted by Crippen LogP contribution is -2.26. The van der Waals surface area contributed by atoms with Crippen LogP contribution in [0.2, 0.25) is 0 Å². The lowest BCUT2D eigenvalue weighted by Gasteiger charge is -2.20. The number of halogens is 1. The fourth-order valence-electron chi connectivity index (χ4n) is 1.74. The summed E-state index contributed by atoms with van der Waals surface area (Å²) in [6, 6.07) is 9.13. The second-order valence-electron chi connectivity index (χ2n) is 4.28. The van der Waals surface area contributed by atoms with Gasteiger partial charge < -0.3 is 0 Å². The predicted molar refractivity (Wildman–Crippen MR) is 83.5 cm³/mol. The molecular weight excluding hydrogens is 346 g/mol. The van der Waals surface area contributed by atoms with Crippen LogP contribution in [0.15, 0.2) is 38.3 Å². The molecule has 6 heteroatoms. The van der Waals surface area contributed by atoms with Gasteiger partial charge in [0.15, 0.2) is 0 Å². The molecule has 0 radical (unpaired) electrons. The van der Waals surface area contributed by atoms with Gasteiger partial charge in [-0.1, -0.05) is 18.2 Å². The van der Waals surface area contributed by atoms with E-state index in [1.807, 2.05) is 38.1 Å². The summed E-state index contributed by atoms with van der Waals surface area (Å²) in [5.74, 6) is 0. The standard InChI is InChI=1S/C13H14BrNO2S2/c1-9-6-4-5-7-11(9)15(3)19(16,17)12-8-10(2)13(14)18-12/h4-8H,1-3H3. The van der Waals surface area contributed by atoms with Gasteiger partial charge in [0.2, 0.25) is 0 Å². The van der Waals surface area contributed by atoms with Crippen molar-refractivity contribution in [3.63, 3.8) is 0 Å². The van der Waals surface area contributed by atoms with Gasteiger partial charge >= 0.3 is 0 Å². The molecule has 19 heavy (non-hydrogen) atoms. The van der Waals surface area contributed by atoms with Crippen molar-refractivity contribution in [2.45, 2.75) is 18.1 Å². The molecule has 2 aromatic rings. The van der Waals surface area contributed by atoms with Gasteiger partial charge in [0, 0.05) is 7.05 Å². The minimum absolute atomic E-state index is 0.350. The van der Waals surface area contributed by atoms with E-state index in [0.29, 0.717) is 9.90 Å². The number of benzene rings is 1. The number of rotatable bonds is 3. The first-order chi connectivity index (χ1) is 8.84. The fraction of sp³-hybridized carbons (Fsp3) is 0.231. The zero-order valence-corrected chi connectivity index (χ0v) is 14.1. The molecule has 0 atom stereocenters. The average Bonchev–Trinajstić information content (AvgIpc) is 2.70. The SMILES string of the molecule is Cc1ccccc1N(C)S(=O)(=O)c1cc(C)c(Br)s1. The Bertz CT molecular complexity index is 688. The Kier molecular flexibility index (Phi) is 4.03. The number of para-hydroxylation sites is 1. The quantitative estimate of drug-likeness (QED) is 0.831. The van der Waals surface area contributed by atoms with Crippen molar-refractivity contribution in [3.05, 3.63) is 45.2 Å². The molecule has 0 fully saturated rings. The number of hydrogen-bond donors (Lipinski definition) is 0. The number of anilines is 1. The van der Waals surface area contributed by atoms with Gasteiger partial charge in [0.1, 0.15) is 4.21 Å². The first kappa shape index (κ1) is 14.6. The lowest BCUT2D eigenvalue weighted by molar-refractivity contribution is 0.596. The molecular formula is C13H14BrNO2S2. The molecule has 0 aliphatic carbocycles. The Morgan fingerprint density at radius 1 is 1.16 bits per heavy atom. The number of hydrogen-bond acceptors (Lipinski definition) is 3. The zero-order chi connectivity index (χ0) is 14.2. The molecule has 0 saturated carbocycles. The number of sulfonamides is 1. The molecule has 1 heterocycles. The van der Waals surface area contributed by atoms with Crippen LogP contribution < -0.4 is 4.31 Å². The number of aryl methyl sites for hydroxylation is 2. The highest BCUT2D eigenvalue weighted by atomic mass is 79.9. The van der Waals surface area contributed by atoms with Crippen LogP contribution >= 0.6 is 27.3 Å². The Morgan fingerprint density at radius 3 is 2.32 bits per heavy atom. The molecule has 0 bridgehead atoms. The van der Waals surface area contributed by atoms with Crippen LogP contribution in [-0.2, 0) is 10.0 Å². The van der Waals surface area contributed by atoms with E-state index < -0.39 is 10.0 Å². The third-order valence-electron chi connectivity index (χ3n) is 2.90. The van der Waals surface area contributed by atoms with Crippen molar-refractivity contribution in [1.82, 2.24) is 0 Å². The largest absolute Gasteiger partial charge is 0.273 e. The highest BCUT2D eigenvalue weighted by Gasteiger charge is 2.24. The summed E-state index contributed by atoms with van der Waals surface area (Å²) in [6.45, 7) is 3.78. The van der Waals surface area contributed by atoms with E-state index in [-0.39, 0.29) is 0 Å². The van der Waals surface area contributed by atoms with Crippen molar-refractivity contribution in [2.24, 2.45) is 0 Å². The number of thiophene rings is 1. The van der Waals surface area contributed by atoms with E-state index in [0.717, 1.165) is 14.9 Å². The van der Waals surface area contributed by atoms with Crippen LogP contribution in [0, 0.1) is 13.8 Å². The Hall–Kier alpha value is -0.850. The first-order valence-corrected chi connectivity index (χ1v) is 8.69. The molecule has 0 saturated heterocycles. The Balaban J connectivity index is 2.48. The maximum atomic E-state index is 12.6. The van der Waals surface area contributed by atoms with Crippen molar-refractivity contribution < 1.29 is 8.42 Å². The summed E-state index contributed by atoms with van der Waals surface area (Å²) in [5.41, 5.74) is 2.56. The van der Waals surface area contributed by atoms with Gasteiger partial charge in [-0.3, -0.25) is 4.31 Å². The van der Waals surface area contributed by atoms with Crippen LogP contribution in [0.1, 0.15) is 11.1 Å². The van der Waals surface area contributed by atoms with Crippen LogP contribution in [0.5, 0.6) is 0 Å². The van der Waals surface area contributed by atoms with Crippen LogP contribution in [0.3, 0.4) is 0 Å². The zero-order valence-electron chi connectivity index (χ0n) is 10.8. The second kappa shape index (κ2) is 5.26. The summed E-state index contributed by atoms with van der Waals surface area (Å²) in [7, 11) is -1.91. The van der Waals surface area contributed by atoms with Crippen LogP contribution in [0.25, 0.3) is 0 Å². The average molecular weight is 360 g/mol. The predicted octanol–water partition coefficient (Wildman–Crippen LogP) is 3.95. The first-order valence-electron chi connectivity index (χ1n) is 5.64. The van der Waals surface area contributed by atoms with E-state index in [1.165, 1.54) is 15.6 Å². The normalized spacial score (nSPS) is 11.6. The smallest absolute Gasteiger partial charge is 0.268 e. The van der Waals surface area contributed by atoms with Gasteiger partial charge in [-0.2, -0.15) is 0 Å². The van der Waals surface area contributed by atoms with Crippen LogP contribution in [0.4, 0.5) is 5.69 Å². The topological polar surface area (TPSA) is 37.4 Å². The minimum Gasteiger partial charge on any atom is -0.268 e. The molecule has 0 N–H and O–H groups in total. The molecule has 0 unspecified atom stereocenters. The van der Waals surface area contributed by atoms with Crippen LogP contribution in [-0.4, -0.2) is 15.5 Å². The summed E-state index contributed by atoms with van der Waals surface area (Å²) in [4.78, 5) is 0. The van der Waals surface area contributed by atoms with Gasteiger partial charge in [-0.25, -0.2) is 8.42 Å². The van der Waals surface area contributed by atoms with Gasteiger partial charge in [0.05, 0.1) is 9.47 Å². The third kappa shape index (κ3) is 2.70. The van der Waals surface area contributed by atoms with Gasteiger partial charge in [-0.05, 0) is 53.0 Å². The highest BCUT2D eigenvalue weighted by Crippen LogP contribution is 2.34. The molecule has 3 nitrogen and oxygen atoms in total. The maximum absolute atomic E-state index is 12.6. The van der Waals surface area contributed by atoms with E-state index in [2.05, 4.69) is 15.9 Å². The molecule has 102 valence electrons. The molecule has 1 aromatic heterocycles. The van der Waals surface area contributed by atoms with Gasteiger partial charge in [-0.15, -0.1) is 11.3 Å². The van der Waals surface area contributed by atoms with Crippen molar-refractivity contribution in [3.8, 4) is 0 Å². The van der Waals surface area contributed by atoms with E-state index >= 15 is 0 Å². The molecule has 0 spiro atoms. The monoisotopic (exact) mass is 359 g/mol. The third-order valence-corrected chi connectivity index (χ3v) is 7.26. The van der Waals surface area contributed by atoms with E-state index in [4.69, 9.17) is 0 Å².